The smallest absolute Gasteiger partial charge is 0.264 e. The van der Waals surface area contributed by atoms with Crippen molar-refractivity contribution in [2.75, 3.05) is 52.1 Å². The van der Waals surface area contributed by atoms with Gasteiger partial charge in [-0.2, -0.15) is 10.2 Å². The van der Waals surface area contributed by atoms with E-state index in [9.17, 15) is 19.2 Å². The van der Waals surface area contributed by atoms with Gasteiger partial charge >= 0.3 is 0 Å². The molecule has 0 aromatic heterocycles. The number of ether oxygens (including phenoxy) is 4. The van der Waals surface area contributed by atoms with Gasteiger partial charge < -0.3 is 51.4 Å². The lowest BCUT2D eigenvalue weighted by atomic mass is 10.0. The van der Waals surface area contributed by atoms with E-state index in [-0.39, 0.29) is 49.8 Å². The van der Waals surface area contributed by atoms with Gasteiger partial charge in [0.25, 0.3) is 11.8 Å². The fourth-order valence-electron chi connectivity index (χ4n) is 6.21. The molecule has 0 atom stereocenters. The number of carbonyl (C=O) groups is 4. The topological polar surface area (TPSA) is 294 Å². The van der Waals surface area contributed by atoms with Crippen LogP contribution in [0.1, 0.15) is 43.0 Å². The van der Waals surface area contributed by atoms with Crippen LogP contribution in [0.3, 0.4) is 0 Å². The summed E-state index contributed by atoms with van der Waals surface area (Å²) >= 11 is 0. The van der Waals surface area contributed by atoms with Crippen molar-refractivity contribution in [1.82, 2.24) is 10.9 Å². The molecule has 0 aliphatic rings. The van der Waals surface area contributed by atoms with E-state index in [1.807, 2.05) is 60.7 Å². The molecule has 7 rings (SSSR count). The number of amides is 2. The Bertz CT molecular complexity index is 2910. The third kappa shape index (κ3) is 22.9. The Morgan fingerprint density at radius 3 is 1.13 bits per heavy atom. The summed E-state index contributed by atoms with van der Waals surface area (Å²) in [7, 11) is 3.24. The summed E-state index contributed by atoms with van der Waals surface area (Å²) in [4.78, 5) is 46.7. The number of nitrogens with one attached hydrogen (secondary N) is 4. The number of carbonyl (C=O) groups excluding carboxylic acids is 4. The first-order valence-corrected chi connectivity index (χ1v) is 23.8. The summed E-state index contributed by atoms with van der Waals surface area (Å²) in [6, 6.07) is 49.9. The standard InChI is InChI=1S/C30H30N4O6.C16H12N2O2.2C7H9NO/c35-17-19-39-27-11-5-25(6-12-27)21-31-33-29(37)15-9-23-1-2-24(4-3-23)10-16-30(38)34-32-22-26-7-13-28(14-8-26)40-20-18-36;17-9-15(19)13-5-1-11(2-6-13)12-3-7-14(8-4-12)16(20)10-18;2*1-9-7-4-2-3-6(8)5-7/h1-16,21-22,35-36H,17-20H2,(H,33,37)(H,34,38);1-10,17-18H;2*2-5H,8H2,1H3/b15-9+,16-10+,31-21+,32-22+;;;. The van der Waals surface area contributed by atoms with Crippen LogP contribution in [0.2, 0.25) is 0 Å². The van der Waals surface area contributed by atoms with Crippen molar-refractivity contribution in [3.63, 3.8) is 0 Å². The summed E-state index contributed by atoms with van der Waals surface area (Å²) in [6.07, 6.45) is 10.6. The van der Waals surface area contributed by atoms with Crippen molar-refractivity contribution in [1.29, 1.82) is 10.8 Å². The number of hydrogen-bond donors (Lipinski definition) is 8. The highest BCUT2D eigenvalue weighted by atomic mass is 16.5. The first-order valence-electron chi connectivity index (χ1n) is 23.8. The molecule has 7 aromatic rings. The second kappa shape index (κ2) is 34.2. The molecular formula is C60H60N8O10. The van der Waals surface area contributed by atoms with E-state index < -0.39 is 0 Å². The van der Waals surface area contributed by atoms with Crippen LogP contribution in [0, 0.1) is 10.8 Å². The number of nitrogens with two attached hydrogens (primary N) is 2. The maximum atomic E-state index is 12.0. The van der Waals surface area contributed by atoms with Crippen molar-refractivity contribution in [2.24, 2.45) is 10.2 Å². The Morgan fingerprint density at radius 2 is 0.833 bits per heavy atom. The predicted octanol–water partition coefficient (Wildman–Crippen LogP) is 8.33. The minimum absolute atomic E-state index is 0.0539. The molecule has 0 fully saturated rings. The van der Waals surface area contributed by atoms with Crippen molar-refractivity contribution in [2.45, 2.75) is 0 Å². The summed E-state index contributed by atoms with van der Waals surface area (Å²) < 4.78 is 20.4. The first-order chi connectivity index (χ1) is 37.9. The molecule has 18 nitrogen and oxygen atoms in total. The third-order valence-corrected chi connectivity index (χ3v) is 10.2. The minimum Gasteiger partial charge on any atom is -0.497 e. The average molecular weight is 1050 g/mol. The van der Waals surface area contributed by atoms with E-state index in [0.29, 0.717) is 22.6 Å². The lowest BCUT2D eigenvalue weighted by molar-refractivity contribution is -0.117. The van der Waals surface area contributed by atoms with Crippen LogP contribution in [-0.4, -0.2) is 99.1 Å². The second-order valence-electron chi connectivity index (χ2n) is 15.8. The lowest BCUT2D eigenvalue weighted by Crippen LogP contribution is -2.14. The van der Waals surface area contributed by atoms with Crippen LogP contribution in [0.15, 0.2) is 192 Å². The molecule has 7 aromatic carbocycles. The molecule has 0 bridgehead atoms. The Kier molecular flexibility index (Phi) is 26.4. The number of nitrogen functional groups attached to an aromatic ring is 2. The zero-order chi connectivity index (χ0) is 56.3. The Morgan fingerprint density at radius 1 is 0.487 bits per heavy atom. The zero-order valence-electron chi connectivity index (χ0n) is 42.8. The number of aliphatic hydroxyl groups is 2. The van der Waals surface area contributed by atoms with Crippen LogP contribution in [0.5, 0.6) is 23.0 Å². The van der Waals surface area contributed by atoms with Crippen molar-refractivity contribution in [3.05, 3.63) is 215 Å². The quantitative estimate of drug-likeness (QED) is 0.0111. The van der Waals surface area contributed by atoms with Gasteiger partial charge in [-0.25, -0.2) is 10.9 Å². The fourth-order valence-corrected chi connectivity index (χ4v) is 6.21. The molecule has 400 valence electrons. The van der Waals surface area contributed by atoms with Crippen LogP contribution in [-0.2, 0) is 9.59 Å². The number of ketones is 2. The molecule has 0 saturated carbocycles. The fraction of sp³-hybridized carbons (Fsp3) is 0.100. The zero-order valence-corrected chi connectivity index (χ0v) is 42.8. The molecule has 0 aliphatic carbocycles. The van der Waals surface area contributed by atoms with E-state index in [1.165, 1.54) is 24.6 Å². The highest BCUT2D eigenvalue weighted by Crippen LogP contribution is 2.21. The number of hydrazone groups is 2. The summed E-state index contributed by atoms with van der Waals surface area (Å²) in [5.74, 6) is 1.45. The molecule has 0 unspecified atom stereocenters. The van der Waals surface area contributed by atoms with E-state index in [2.05, 4.69) is 21.1 Å². The van der Waals surface area contributed by atoms with Gasteiger partial charge in [-0.05, 0) is 118 Å². The van der Waals surface area contributed by atoms with Gasteiger partial charge in [-0.15, -0.1) is 0 Å². The molecule has 2 amide bonds. The molecular weight excluding hydrogens is 993 g/mol. The summed E-state index contributed by atoms with van der Waals surface area (Å²) in [5.41, 5.74) is 23.2. The lowest BCUT2D eigenvalue weighted by Gasteiger charge is -2.03. The molecule has 18 heteroatoms. The molecule has 0 radical (unpaired) electrons. The number of rotatable bonds is 21. The molecule has 10 N–H and O–H groups in total. The monoisotopic (exact) mass is 1050 g/mol. The summed E-state index contributed by atoms with van der Waals surface area (Å²) in [5, 5.41) is 39.2. The SMILES string of the molecule is COc1cccc(N)c1.COc1cccc(N)c1.N=CC(=O)c1ccc(-c2ccc(C(=O)C=N)cc2)cc1.O=C(/C=C/c1ccc(/C=C/C(=O)N/N=C/c2ccc(OCCO)cc2)cc1)N/N=C/c1ccc(OCCO)cc1. The third-order valence-electron chi connectivity index (χ3n) is 10.2. The first kappa shape index (κ1) is 60.3. The van der Waals surface area contributed by atoms with Crippen LogP contribution >= 0.6 is 0 Å². The number of hydrogen-bond acceptors (Lipinski definition) is 16. The maximum Gasteiger partial charge on any atom is 0.264 e. The van der Waals surface area contributed by atoms with E-state index >= 15 is 0 Å². The van der Waals surface area contributed by atoms with Crippen molar-refractivity contribution < 1.29 is 48.3 Å². The van der Waals surface area contributed by atoms with Crippen molar-refractivity contribution >= 4 is 71.8 Å². The normalized spacial score (nSPS) is 10.5. The molecule has 0 aliphatic heterocycles. The predicted molar refractivity (Wildman–Crippen MR) is 307 cm³/mol. The minimum atomic E-state index is -0.383. The van der Waals surface area contributed by atoms with Gasteiger partial charge in [0.1, 0.15) is 36.2 Å². The number of nitrogens with zero attached hydrogens (tertiary/aromatic N) is 2. The number of benzene rings is 7. The van der Waals surface area contributed by atoms with Gasteiger partial charge in [-0.3, -0.25) is 19.2 Å². The van der Waals surface area contributed by atoms with Gasteiger partial charge in [0, 0.05) is 46.8 Å². The Labute approximate surface area is 452 Å². The number of methoxy groups -OCH3 is 2. The van der Waals surface area contributed by atoms with Crippen LogP contribution in [0.4, 0.5) is 11.4 Å². The number of Topliss-reactive ketones (excluding diaryl/α,β-unsaturated/α-hetero) is 2. The Hall–Kier alpha value is -10.3. The second-order valence-corrected chi connectivity index (χ2v) is 15.8. The Balaban J connectivity index is 0.000000280. The summed E-state index contributed by atoms with van der Waals surface area (Å²) in [6.45, 7) is 0.345. The van der Waals surface area contributed by atoms with Crippen LogP contribution in [0.25, 0.3) is 23.3 Å². The van der Waals surface area contributed by atoms with E-state index in [1.54, 1.807) is 136 Å². The number of anilines is 2. The van der Waals surface area contributed by atoms with Gasteiger partial charge in [-0.1, -0.05) is 84.9 Å². The largest absolute Gasteiger partial charge is 0.497 e. The highest BCUT2D eigenvalue weighted by molar-refractivity contribution is 6.34. The van der Waals surface area contributed by atoms with E-state index in [0.717, 1.165) is 68.7 Å². The molecule has 78 heavy (non-hydrogen) atoms. The van der Waals surface area contributed by atoms with Crippen LogP contribution < -0.4 is 41.3 Å². The van der Waals surface area contributed by atoms with Gasteiger partial charge in [0.05, 0.1) is 52.3 Å². The average Bonchev–Trinajstić information content (AvgIpc) is 3.49. The number of aliphatic hydroxyl groups excluding tert-OH is 2. The molecule has 0 saturated heterocycles. The van der Waals surface area contributed by atoms with E-state index in [4.69, 9.17) is 51.4 Å². The van der Waals surface area contributed by atoms with Gasteiger partial charge in [0.15, 0.2) is 0 Å². The van der Waals surface area contributed by atoms with Gasteiger partial charge in [0.2, 0.25) is 11.6 Å². The van der Waals surface area contributed by atoms with Crippen molar-refractivity contribution in [3.8, 4) is 34.1 Å². The maximum absolute atomic E-state index is 12.0. The molecule has 0 heterocycles. The highest BCUT2D eigenvalue weighted by Gasteiger charge is 2.06. The molecule has 0 spiro atoms.